The van der Waals surface area contributed by atoms with Gasteiger partial charge in [-0.15, -0.1) is 5.10 Å². The molecule has 0 atom stereocenters. The second kappa shape index (κ2) is 5.20. The van der Waals surface area contributed by atoms with Crippen LogP contribution in [0, 0.1) is 6.92 Å². The van der Waals surface area contributed by atoms with Gasteiger partial charge in [-0.2, -0.15) is 4.98 Å². The minimum atomic E-state index is 0.370. The van der Waals surface area contributed by atoms with Crippen molar-refractivity contribution in [2.24, 2.45) is 0 Å². The third-order valence-electron chi connectivity index (χ3n) is 3.79. The van der Waals surface area contributed by atoms with Gasteiger partial charge in [0.15, 0.2) is 0 Å². The van der Waals surface area contributed by atoms with E-state index in [1.54, 1.807) is 4.68 Å². The molecule has 7 nitrogen and oxygen atoms in total. The molecule has 0 amide bonds. The van der Waals surface area contributed by atoms with Crippen molar-refractivity contribution in [1.82, 2.24) is 25.1 Å². The average molecular weight is 306 g/mol. The molecule has 0 bridgehead atoms. The van der Waals surface area contributed by atoms with Crippen molar-refractivity contribution in [3.63, 3.8) is 0 Å². The molecule has 2 aromatic carbocycles. The molecule has 0 radical (unpaired) electrons. The Morgan fingerprint density at radius 2 is 2.00 bits per heavy atom. The number of nitrogens with two attached hydrogens (primary N) is 1. The number of nitrogens with zero attached hydrogens (tertiary/aromatic N) is 5. The van der Waals surface area contributed by atoms with E-state index in [4.69, 9.17) is 10.3 Å². The molecule has 0 aliphatic rings. The molecule has 0 unspecified atom stereocenters. The second-order valence-electron chi connectivity index (χ2n) is 5.27. The average Bonchev–Trinajstić information content (AvgIpc) is 3.18. The summed E-state index contributed by atoms with van der Waals surface area (Å²) in [6.45, 7) is 2.31. The molecular weight excluding hydrogens is 292 g/mol. The number of para-hydroxylation sites is 1. The SMILES string of the molecule is Cc1c(N)cccc1-c1noc(Cn2nnc3ccccc32)n1. The summed E-state index contributed by atoms with van der Waals surface area (Å²) in [5.74, 6) is 0.992. The predicted molar refractivity (Wildman–Crippen MR) is 85.5 cm³/mol. The minimum Gasteiger partial charge on any atom is -0.398 e. The highest BCUT2D eigenvalue weighted by Gasteiger charge is 2.14. The third kappa shape index (κ3) is 2.32. The van der Waals surface area contributed by atoms with Crippen molar-refractivity contribution in [2.75, 3.05) is 5.73 Å². The molecule has 0 aliphatic heterocycles. The highest BCUT2D eigenvalue weighted by Crippen LogP contribution is 2.24. The van der Waals surface area contributed by atoms with E-state index >= 15 is 0 Å². The summed E-state index contributed by atoms with van der Waals surface area (Å²) < 4.78 is 7.08. The third-order valence-corrected chi connectivity index (χ3v) is 3.79. The number of benzene rings is 2. The molecule has 114 valence electrons. The van der Waals surface area contributed by atoms with Crippen LogP contribution in [0.2, 0.25) is 0 Å². The largest absolute Gasteiger partial charge is 0.398 e. The highest BCUT2D eigenvalue weighted by molar-refractivity contribution is 5.73. The molecule has 2 aromatic heterocycles. The molecule has 0 aliphatic carbocycles. The lowest BCUT2D eigenvalue weighted by Gasteiger charge is -2.03. The van der Waals surface area contributed by atoms with Crippen LogP contribution in [0.4, 0.5) is 5.69 Å². The van der Waals surface area contributed by atoms with Crippen molar-refractivity contribution in [3.8, 4) is 11.4 Å². The van der Waals surface area contributed by atoms with E-state index in [1.807, 2.05) is 49.4 Å². The maximum absolute atomic E-state index is 5.93. The number of aromatic nitrogens is 5. The summed E-state index contributed by atoms with van der Waals surface area (Å²) in [6, 6.07) is 13.4. The second-order valence-corrected chi connectivity index (χ2v) is 5.27. The molecule has 4 aromatic rings. The lowest BCUT2D eigenvalue weighted by molar-refractivity contribution is 0.366. The number of fused-ring (bicyclic) bond motifs is 1. The van der Waals surface area contributed by atoms with Crippen LogP contribution in [-0.2, 0) is 6.54 Å². The van der Waals surface area contributed by atoms with Crippen LogP contribution in [-0.4, -0.2) is 25.1 Å². The Bertz CT molecular complexity index is 987. The Labute approximate surface area is 131 Å². The Hall–Kier alpha value is -3.22. The van der Waals surface area contributed by atoms with E-state index < -0.39 is 0 Å². The molecule has 23 heavy (non-hydrogen) atoms. The monoisotopic (exact) mass is 306 g/mol. The number of hydrogen-bond acceptors (Lipinski definition) is 6. The van der Waals surface area contributed by atoms with E-state index in [1.165, 1.54) is 0 Å². The molecule has 4 rings (SSSR count). The standard InChI is InChI=1S/C16H14N6O/c1-10-11(5-4-6-12(10)17)16-18-15(23-20-16)9-22-14-8-3-2-7-13(14)19-21-22/h2-8H,9,17H2,1H3. The first kappa shape index (κ1) is 13.4. The molecule has 7 heteroatoms. The van der Waals surface area contributed by atoms with Gasteiger partial charge in [0.25, 0.3) is 0 Å². The lowest BCUT2D eigenvalue weighted by Crippen LogP contribution is -2.02. The first-order valence-corrected chi connectivity index (χ1v) is 7.18. The van der Waals surface area contributed by atoms with Crippen LogP contribution in [0.3, 0.4) is 0 Å². The molecule has 0 fully saturated rings. The summed E-state index contributed by atoms with van der Waals surface area (Å²) in [7, 11) is 0. The van der Waals surface area contributed by atoms with Gasteiger partial charge in [-0.1, -0.05) is 34.6 Å². The van der Waals surface area contributed by atoms with Gasteiger partial charge in [0.2, 0.25) is 11.7 Å². The summed E-state index contributed by atoms with van der Waals surface area (Å²) in [5.41, 5.74) is 10.2. The zero-order chi connectivity index (χ0) is 15.8. The first-order chi connectivity index (χ1) is 11.2. The summed E-state index contributed by atoms with van der Waals surface area (Å²) in [5, 5.41) is 12.3. The van der Waals surface area contributed by atoms with E-state index in [0.29, 0.717) is 23.9 Å². The van der Waals surface area contributed by atoms with Crippen LogP contribution in [0.1, 0.15) is 11.5 Å². The number of anilines is 1. The Kier molecular flexibility index (Phi) is 3.04. The number of hydrogen-bond donors (Lipinski definition) is 1. The van der Waals surface area contributed by atoms with Gasteiger partial charge in [-0.25, -0.2) is 4.68 Å². The van der Waals surface area contributed by atoms with Crippen LogP contribution in [0.25, 0.3) is 22.4 Å². The van der Waals surface area contributed by atoms with E-state index in [0.717, 1.165) is 22.2 Å². The molecule has 2 N–H and O–H groups in total. The van der Waals surface area contributed by atoms with Crippen molar-refractivity contribution in [3.05, 3.63) is 53.9 Å². The van der Waals surface area contributed by atoms with Gasteiger partial charge in [0.05, 0.1) is 5.52 Å². The van der Waals surface area contributed by atoms with Crippen molar-refractivity contribution in [1.29, 1.82) is 0 Å². The Morgan fingerprint density at radius 1 is 1.13 bits per heavy atom. The fraction of sp³-hybridized carbons (Fsp3) is 0.125. The van der Waals surface area contributed by atoms with E-state index in [-0.39, 0.29) is 0 Å². The summed E-state index contributed by atoms with van der Waals surface area (Å²) in [4.78, 5) is 4.44. The van der Waals surface area contributed by atoms with Crippen LogP contribution in [0.15, 0.2) is 47.0 Å². The lowest BCUT2D eigenvalue weighted by atomic mass is 10.1. The van der Waals surface area contributed by atoms with Gasteiger partial charge < -0.3 is 10.3 Å². The highest BCUT2D eigenvalue weighted by atomic mass is 16.5. The van der Waals surface area contributed by atoms with Gasteiger partial charge in [0.1, 0.15) is 12.1 Å². The number of rotatable bonds is 3. The van der Waals surface area contributed by atoms with Gasteiger partial charge in [-0.05, 0) is 30.7 Å². The van der Waals surface area contributed by atoms with Crippen LogP contribution < -0.4 is 5.73 Å². The van der Waals surface area contributed by atoms with E-state index in [2.05, 4.69) is 20.5 Å². The normalized spacial score (nSPS) is 11.2. The fourth-order valence-electron chi connectivity index (χ4n) is 2.49. The topological polar surface area (TPSA) is 95.7 Å². The molecule has 0 saturated carbocycles. The summed E-state index contributed by atoms with van der Waals surface area (Å²) in [6.07, 6.45) is 0. The van der Waals surface area contributed by atoms with Crippen LogP contribution >= 0.6 is 0 Å². The van der Waals surface area contributed by atoms with Crippen molar-refractivity contribution in [2.45, 2.75) is 13.5 Å². The maximum Gasteiger partial charge on any atom is 0.248 e. The summed E-state index contributed by atoms with van der Waals surface area (Å²) >= 11 is 0. The predicted octanol–water partition coefficient (Wildman–Crippen LogP) is 2.42. The quantitative estimate of drug-likeness (QED) is 0.584. The number of nitrogen functional groups attached to an aromatic ring is 1. The smallest absolute Gasteiger partial charge is 0.248 e. The van der Waals surface area contributed by atoms with Crippen molar-refractivity contribution >= 4 is 16.7 Å². The maximum atomic E-state index is 5.93. The fourth-order valence-corrected chi connectivity index (χ4v) is 2.49. The molecule has 2 heterocycles. The van der Waals surface area contributed by atoms with Crippen LogP contribution in [0.5, 0.6) is 0 Å². The first-order valence-electron chi connectivity index (χ1n) is 7.18. The Morgan fingerprint density at radius 3 is 2.91 bits per heavy atom. The van der Waals surface area contributed by atoms with E-state index in [9.17, 15) is 0 Å². The van der Waals surface area contributed by atoms with Gasteiger partial charge >= 0.3 is 0 Å². The van der Waals surface area contributed by atoms with Gasteiger partial charge in [0, 0.05) is 11.3 Å². The molecule has 0 saturated heterocycles. The zero-order valence-corrected chi connectivity index (χ0v) is 12.5. The molecule has 0 spiro atoms. The minimum absolute atomic E-state index is 0.370. The van der Waals surface area contributed by atoms with Crippen molar-refractivity contribution < 1.29 is 4.52 Å². The zero-order valence-electron chi connectivity index (χ0n) is 12.5. The molecular formula is C16H14N6O. The van der Waals surface area contributed by atoms with Gasteiger partial charge in [-0.3, -0.25) is 0 Å². The Balaban J connectivity index is 1.67.